The van der Waals surface area contributed by atoms with Crippen molar-refractivity contribution in [2.24, 2.45) is 4.99 Å². The molecule has 1 aromatic rings. The lowest BCUT2D eigenvalue weighted by Crippen LogP contribution is -2.39. The van der Waals surface area contributed by atoms with E-state index in [1.807, 2.05) is 6.92 Å². The van der Waals surface area contributed by atoms with Crippen molar-refractivity contribution in [3.63, 3.8) is 0 Å². The molecular formula is C18H29BrIN3O. The van der Waals surface area contributed by atoms with Gasteiger partial charge in [0.15, 0.2) is 5.96 Å². The van der Waals surface area contributed by atoms with Crippen LogP contribution in [0.5, 0.6) is 0 Å². The predicted octanol–water partition coefficient (Wildman–Crippen LogP) is 4.29. The Morgan fingerprint density at radius 1 is 1.25 bits per heavy atom. The molecule has 1 aliphatic rings. The fourth-order valence-corrected chi connectivity index (χ4v) is 2.84. The third kappa shape index (κ3) is 7.70. The molecule has 1 saturated carbocycles. The van der Waals surface area contributed by atoms with E-state index in [1.54, 1.807) is 0 Å². The number of hydrogen-bond acceptors (Lipinski definition) is 2. The molecule has 136 valence electrons. The maximum atomic E-state index is 5.35. The lowest BCUT2D eigenvalue weighted by molar-refractivity contribution is 0.144. The highest BCUT2D eigenvalue weighted by atomic mass is 127. The number of benzene rings is 1. The van der Waals surface area contributed by atoms with Crippen LogP contribution in [0.2, 0.25) is 0 Å². The number of hydrogen-bond donors (Lipinski definition) is 2. The molecule has 6 heteroatoms. The highest BCUT2D eigenvalue weighted by molar-refractivity contribution is 14.0. The maximum absolute atomic E-state index is 5.35. The SMILES string of the molecule is CCNC(=NCCCCOCC)NC1CC1c1ccc(Br)cc1.I. The average Bonchev–Trinajstić information content (AvgIpc) is 3.30. The second-order valence-electron chi connectivity index (χ2n) is 5.81. The molecule has 24 heavy (non-hydrogen) atoms. The molecule has 0 aromatic heterocycles. The van der Waals surface area contributed by atoms with Crippen LogP contribution < -0.4 is 10.6 Å². The van der Waals surface area contributed by atoms with Gasteiger partial charge in [0.1, 0.15) is 0 Å². The van der Waals surface area contributed by atoms with E-state index in [1.165, 1.54) is 12.0 Å². The third-order valence-corrected chi connectivity index (χ3v) is 4.45. The fourth-order valence-electron chi connectivity index (χ4n) is 2.58. The Balaban J connectivity index is 0.00000288. The van der Waals surface area contributed by atoms with E-state index in [0.29, 0.717) is 12.0 Å². The molecule has 2 rings (SSSR count). The Labute approximate surface area is 171 Å². The molecule has 1 aliphatic carbocycles. The van der Waals surface area contributed by atoms with Gasteiger partial charge < -0.3 is 15.4 Å². The summed E-state index contributed by atoms with van der Waals surface area (Å²) in [7, 11) is 0. The minimum Gasteiger partial charge on any atom is -0.382 e. The van der Waals surface area contributed by atoms with Crippen molar-refractivity contribution in [3.05, 3.63) is 34.3 Å². The van der Waals surface area contributed by atoms with E-state index in [2.05, 4.69) is 62.7 Å². The van der Waals surface area contributed by atoms with Crippen LogP contribution in [0.4, 0.5) is 0 Å². The highest BCUT2D eigenvalue weighted by Crippen LogP contribution is 2.40. The Morgan fingerprint density at radius 2 is 2.00 bits per heavy atom. The first-order valence-corrected chi connectivity index (χ1v) is 9.42. The Hall–Kier alpha value is -0.340. The van der Waals surface area contributed by atoms with Crippen LogP contribution >= 0.6 is 39.9 Å². The van der Waals surface area contributed by atoms with Crippen molar-refractivity contribution in [2.75, 3.05) is 26.3 Å². The van der Waals surface area contributed by atoms with Gasteiger partial charge in [-0.2, -0.15) is 0 Å². The predicted molar refractivity (Wildman–Crippen MR) is 116 cm³/mol. The number of unbranched alkanes of at least 4 members (excludes halogenated alkanes) is 1. The first-order valence-electron chi connectivity index (χ1n) is 8.62. The number of nitrogens with one attached hydrogen (secondary N) is 2. The van der Waals surface area contributed by atoms with E-state index in [0.717, 1.165) is 49.6 Å². The standard InChI is InChI=1S/C18H28BrN3O.HI/c1-3-20-18(21-11-5-6-12-23-4-2)22-17-13-16(17)14-7-9-15(19)10-8-14;/h7-10,16-17H,3-6,11-13H2,1-2H3,(H2,20,21,22);1H. The van der Waals surface area contributed by atoms with E-state index >= 15 is 0 Å². The highest BCUT2D eigenvalue weighted by Gasteiger charge is 2.38. The molecule has 0 heterocycles. The maximum Gasteiger partial charge on any atom is 0.191 e. The molecule has 0 aliphatic heterocycles. The van der Waals surface area contributed by atoms with Gasteiger partial charge in [-0.25, -0.2) is 0 Å². The van der Waals surface area contributed by atoms with Crippen molar-refractivity contribution in [1.29, 1.82) is 0 Å². The fraction of sp³-hybridized carbons (Fsp3) is 0.611. The van der Waals surface area contributed by atoms with Gasteiger partial charge in [-0.15, -0.1) is 24.0 Å². The summed E-state index contributed by atoms with van der Waals surface area (Å²) in [4.78, 5) is 4.66. The van der Waals surface area contributed by atoms with Crippen LogP contribution in [-0.2, 0) is 4.74 Å². The van der Waals surface area contributed by atoms with Gasteiger partial charge in [-0.05, 0) is 50.8 Å². The van der Waals surface area contributed by atoms with Crippen LogP contribution in [-0.4, -0.2) is 38.3 Å². The van der Waals surface area contributed by atoms with Gasteiger partial charge in [0.25, 0.3) is 0 Å². The molecule has 0 spiro atoms. The van der Waals surface area contributed by atoms with Crippen molar-refractivity contribution >= 4 is 45.9 Å². The van der Waals surface area contributed by atoms with Crippen molar-refractivity contribution in [2.45, 2.75) is 45.1 Å². The molecule has 4 nitrogen and oxygen atoms in total. The molecule has 1 fully saturated rings. The van der Waals surface area contributed by atoms with Gasteiger partial charge in [-0.1, -0.05) is 28.1 Å². The van der Waals surface area contributed by atoms with Crippen LogP contribution in [0.3, 0.4) is 0 Å². The summed E-state index contributed by atoms with van der Waals surface area (Å²) >= 11 is 3.49. The number of nitrogens with zero attached hydrogens (tertiary/aromatic N) is 1. The molecule has 2 unspecified atom stereocenters. The van der Waals surface area contributed by atoms with Crippen LogP contribution in [0.15, 0.2) is 33.7 Å². The quantitative estimate of drug-likeness (QED) is 0.226. The minimum atomic E-state index is 0. The summed E-state index contributed by atoms with van der Waals surface area (Å²) in [5.41, 5.74) is 1.40. The summed E-state index contributed by atoms with van der Waals surface area (Å²) in [5, 5.41) is 6.89. The van der Waals surface area contributed by atoms with Gasteiger partial charge in [0, 0.05) is 42.7 Å². The second kappa shape index (κ2) is 12.1. The normalized spacial score (nSPS) is 19.5. The van der Waals surface area contributed by atoms with Crippen molar-refractivity contribution < 1.29 is 4.74 Å². The van der Waals surface area contributed by atoms with E-state index in [9.17, 15) is 0 Å². The molecule has 0 saturated heterocycles. The Bertz CT molecular complexity index is 496. The number of aliphatic imine (C=N–C) groups is 1. The molecule has 2 atom stereocenters. The first kappa shape index (κ1) is 21.7. The Morgan fingerprint density at radius 3 is 2.67 bits per heavy atom. The minimum absolute atomic E-state index is 0. The topological polar surface area (TPSA) is 45.7 Å². The number of halogens is 2. The van der Waals surface area contributed by atoms with Gasteiger partial charge in [0.05, 0.1) is 0 Å². The number of ether oxygens (including phenoxy) is 1. The van der Waals surface area contributed by atoms with Crippen LogP contribution in [0, 0.1) is 0 Å². The summed E-state index contributed by atoms with van der Waals surface area (Å²) in [6.45, 7) is 7.50. The summed E-state index contributed by atoms with van der Waals surface area (Å²) in [6, 6.07) is 9.13. The average molecular weight is 510 g/mol. The third-order valence-electron chi connectivity index (χ3n) is 3.93. The molecular weight excluding hydrogens is 481 g/mol. The number of rotatable bonds is 9. The summed E-state index contributed by atoms with van der Waals surface area (Å²) in [5.74, 6) is 1.54. The monoisotopic (exact) mass is 509 g/mol. The zero-order valence-corrected chi connectivity index (χ0v) is 18.5. The van der Waals surface area contributed by atoms with Crippen molar-refractivity contribution in [3.8, 4) is 0 Å². The van der Waals surface area contributed by atoms with Gasteiger partial charge in [0.2, 0.25) is 0 Å². The lowest BCUT2D eigenvalue weighted by Gasteiger charge is -2.11. The zero-order chi connectivity index (χ0) is 16.5. The largest absolute Gasteiger partial charge is 0.382 e. The molecule has 0 amide bonds. The molecule has 1 aromatic carbocycles. The molecule has 0 bridgehead atoms. The zero-order valence-electron chi connectivity index (χ0n) is 14.6. The summed E-state index contributed by atoms with van der Waals surface area (Å²) in [6.07, 6.45) is 3.31. The first-order chi connectivity index (χ1) is 11.2. The van der Waals surface area contributed by atoms with E-state index in [-0.39, 0.29) is 24.0 Å². The van der Waals surface area contributed by atoms with E-state index < -0.39 is 0 Å². The van der Waals surface area contributed by atoms with Crippen molar-refractivity contribution in [1.82, 2.24) is 10.6 Å². The summed E-state index contributed by atoms with van der Waals surface area (Å²) < 4.78 is 6.48. The second-order valence-corrected chi connectivity index (χ2v) is 6.72. The smallest absolute Gasteiger partial charge is 0.191 e. The van der Waals surface area contributed by atoms with Crippen LogP contribution in [0.1, 0.15) is 44.6 Å². The molecule has 2 N–H and O–H groups in total. The molecule has 0 radical (unpaired) electrons. The Kier molecular flexibility index (Phi) is 10.9. The van der Waals surface area contributed by atoms with E-state index in [4.69, 9.17) is 4.74 Å². The number of guanidine groups is 1. The van der Waals surface area contributed by atoms with Gasteiger partial charge >= 0.3 is 0 Å². The van der Waals surface area contributed by atoms with Gasteiger partial charge in [-0.3, -0.25) is 4.99 Å². The lowest BCUT2D eigenvalue weighted by atomic mass is 10.1. The van der Waals surface area contributed by atoms with Crippen LogP contribution in [0.25, 0.3) is 0 Å².